The quantitative estimate of drug-likeness (QED) is 0.763. The fourth-order valence-corrected chi connectivity index (χ4v) is 3.79. The predicted molar refractivity (Wildman–Crippen MR) is 99.3 cm³/mol. The smallest absolute Gasteiger partial charge is 0.340 e. The summed E-state index contributed by atoms with van der Waals surface area (Å²) < 4.78 is 4.89. The standard InChI is InChI=1S/C16H19Cl2N5O2/c1-25-13(24)9-7-10(17)11(18)8-12(9)23-15(20)21-14(19)22-16(23)5-3-2-4-6-16/h7-8H,2-6H2,1H3,(H4,19,20,21,22). The summed E-state index contributed by atoms with van der Waals surface area (Å²) in [4.78, 5) is 22.7. The molecule has 1 aliphatic carbocycles. The summed E-state index contributed by atoms with van der Waals surface area (Å²) in [6.07, 6.45) is 4.52. The Hall–Kier alpha value is -1.99. The van der Waals surface area contributed by atoms with Crippen LogP contribution in [0.4, 0.5) is 5.69 Å². The van der Waals surface area contributed by atoms with E-state index < -0.39 is 11.6 Å². The minimum Gasteiger partial charge on any atom is -0.465 e. The van der Waals surface area contributed by atoms with Crippen LogP contribution in [0.1, 0.15) is 42.5 Å². The fraction of sp³-hybridized carbons (Fsp3) is 0.438. The molecule has 1 aromatic carbocycles. The molecule has 0 unspecified atom stereocenters. The molecular weight excluding hydrogens is 365 g/mol. The molecule has 0 radical (unpaired) electrons. The van der Waals surface area contributed by atoms with Crippen LogP contribution in [0.2, 0.25) is 10.0 Å². The van der Waals surface area contributed by atoms with Crippen molar-refractivity contribution in [3.63, 3.8) is 0 Å². The zero-order valence-electron chi connectivity index (χ0n) is 13.8. The van der Waals surface area contributed by atoms with Crippen molar-refractivity contribution in [1.82, 2.24) is 0 Å². The van der Waals surface area contributed by atoms with Crippen LogP contribution in [0.5, 0.6) is 0 Å². The molecule has 1 heterocycles. The third-order valence-corrected chi connectivity index (χ3v) is 5.26. The van der Waals surface area contributed by atoms with Gasteiger partial charge in [-0.15, -0.1) is 0 Å². The Morgan fingerprint density at radius 2 is 1.84 bits per heavy atom. The lowest BCUT2D eigenvalue weighted by molar-refractivity contribution is 0.0601. The Balaban J connectivity index is 2.20. The third kappa shape index (κ3) is 3.14. The van der Waals surface area contributed by atoms with Crippen molar-refractivity contribution in [3.05, 3.63) is 27.7 Å². The maximum absolute atomic E-state index is 12.3. The Kier molecular flexibility index (Phi) is 4.79. The van der Waals surface area contributed by atoms with Gasteiger partial charge in [-0.3, -0.25) is 4.90 Å². The molecule has 1 spiro atoms. The number of aliphatic imine (C=N–C) groups is 2. The van der Waals surface area contributed by atoms with Crippen LogP contribution in [-0.2, 0) is 4.74 Å². The molecule has 134 valence electrons. The van der Waals surface area contributed by atoms with Gasteiger partial charge in [-0.1, -0.05) is 29.6 Å². The zero-order valence-corrected chi connectivity index (χ0v) is 15.3. The van der Waals surface area contributed by atoms with Crippen molar-refractivity contribution in [2.75, 3.05) is 12.0 Å². The maximum Gasteiger partial charge on any atom is 0.340 e. The summed E-state index contributed by atoms with van der Waals surface area (Å²) in [5.74, 6) is -0.247. The molecule has 25 heavy (non-hydrogen) atoms. The zero-order chi connectivity index (χ0) is 18.2. The minimum absolute atomic E-state index is 0.135. The highest BCUT2D eigenvalue weighted by atomic mass is 35.5. The molecule has 9 heteroatoms. The molecule has 1 aromatic rings. The second kappa shape index (κ2) is 6.72. The van der Waals surface area contributed by atoms with Gasteiger partial charge in [-0.05, 0) is 37.8 Å². The van der Waals surface area contributed by atoms with Gasteiger partial charge in [0.2, 0.25) is 11.9 Å². The topological polar surface area (TPSA) is 106 Å². The number of nitrogens with two attached hydrogens (primary N) is 2. The highest BCUT2D eigenvalue weighted by Gasteiger charge is 2.44. The van der Waals surface area contributed by atoms with E-state index in [2.05, 4.69) is 9.98 Å². The average Bonchev–Trinajstić information content (AvgIpc) is 2.57. The molecule has 2 aliphatic rings. The second-order valence-corrected chi connectivity index (χ2v) is 6.91. The molecule has 0 amide bonds. The number of anilines is 1. The minimum atomic E-state index is -0.686. The van der Waals surface area contributed by atoms with E-state index in [1.54, 1.807) is 11.0 Å². The van der Waals surface area contributed by atoms with Crippen LogP contribution in [0.25, 0.3) is 0 Å². The molecule has 0 atom stereocenters. The molecule has 4 N–H and O–H groups in total. The number of hydrogen-bond acceptors (Lipinski definition) is 7. The van der Waals surface area contributed by atoms with Gasteiger partial charge in [-0.2, -0.15) is 4.99 Å². The van der Waals surface area contributed by atoms with Crippen molar-refractivity contribution < 1.29 is 9.53 Å². The van der Waals surface area contributed by atoms with Crippen molar-refractivity contribution in [3.8, 4) is 0 Å². The first-order chi connectivity index (χ1) is 11.9. The first kappa shape index (κ1) is 17.8. The number of benzene rings is 1. The summed E-state index contributed by atoms with van der Waals surface area (Å²) in [5, 5.41) is 0.546. The van der Waals surface area contributed by atoms with Crippen LogP contribution in [0, 0.1) is 0 Å². The molecule has 3 rings (SSSR count). The number of nitrogens with zero attached hydrogens (tertiary/aromatic N) is 3. The van der Waals surface area contributed by atoms with E-state index in [1.165, 1.54) is 13.2 Å². The van der Waals surface area contributed by atoms with Gasteiger partial charge in [0.15, 0.2) is 0 Å². The van der Waals surface area contributed by atoms with Crippen LogP contribution in [0.15, 0.2) is 22.1 Å². The number of carbonyl (C=O) groups is 1. The number of methoxy groups -OCH3 is 1. The van der Waals surface area contributed by atoms with Gasteiger partial charge in [0.05, 0.1) is 28.4 Å². The molecule has 0 bridgehead atoms. The van der Waals surface area contributed by atoms with E-state index in [0.717, 1.165) is 32.1 Å². The van der Waals surface area contributed by atoms with Gasteiger partial charge in [-0.25, -0.2) is 9.79 Å². The molecular formula is C16H19Cl2N5O2. The van der Waals surface area contributed by atoms with Gasteiger partial charge in [0.25, 0.3) is 0 Å². The lowest BCUT2D eigenvalue weighted by atomic mass is 9.87. The van der Waals surface area contributed by atoms with E-state index in [9.17, 15) is 4.79 Å². The Morgan fingerprint density at radius 3 is 2.48 bits per heavy atom. The lowest BCUT2D eigenvalue weighted by Crippen LogP contribution is -2.58. The molecule has 0 aromatic heterocycles. The van der Waals surface area contributed by atoms with Crippen LogP contribution in [0.3, 0.4) is 0 Å². The van der Waals surface area contributed by atoms with Crippen LogP contribution >= 0.6 is 23.2 Å². The van der Waals surface area contributed by atoms with Crippen LogP contribution < -0.4 is 16.4 Å². The number of rotatable bonds is 2. The normalized spacial score (nSPS) is 19.4. The monoisotopic (exact) mass is 383 g/mol. The highest BCUT2D eigenvalue weighted by molar-refractivity contribution is 6.42. The number of esters is 1. The predicted octanol–water partition coefficient (Wildman–Crippen LogP) is 2.89. The lowest BCUT2D eigenvalue weighted by Gasteiger charge is -2.46. The molecule has 1 aliphatic heterocycles. The van der Waals surface area contributed by atoms with Crippen molar-refractivity contribution in [2.45, 2.75) is 37.8 Å². The summed E-state index contributed by atoms with van der Waals surface area (Å²) in [6, 6.07) is 3.06. The number of hydrogen-bond donors (Lipinski definition) is 2. The molecule has 7 nitrogen and oxygen atoms in total. The Labute approximate surface area is 155 Å². The van der Waals surface area contributed by atoms with Gasteiger partial charge < -0.3 is 16.2 Å². The molecule has 0 saturated heterocycles. The van der Waals surface area contributed by atoms with Crippen molar-refractivity contribution in [2.24, 2.45) is 21.5 Å². The molecule has 1 saturated carbocycles. The SMILES string of the molecule is COC(=O)c1cc(Cl)c(Cl)cc1N1C(N)=NC(N)=NC12CCCCC2. The van der Waals surface area contributed by atoms with Gasteiger partial charge in [0.1, 0.15) is 5.66 Å². The highest BCUT2D eigenvalue weighted by Crippen LogP contribution is 2.42. The van der Waals surface area contributed by atoms with E-state index >= 15 is 0 Å². The number of carbonyl (C=O) groups excluding carboxylic acids is 1. The Morgan fingerprint density at radius 1 is 1.20 bits per heavy atom. The number of guanidine groups is 2. The summed E-state index contributed by atoms with van der Waals surface area (Å²) in [6.45, 7) is 0. The Bertz CT molecular complexity index is 772. The first-order valence-corrected chi connectivity index (χ1v) is 8.70. The van der Waals surface area contributed by atoms with E-state index in [0.29, 0.717) is 10.7 Å². The summed E-state index contributed by atoms with van der Waals surface area (Å²) >= 11 is 12.3. The maximum atomic E-state index is 12.3. The molecule has 1 fully saturated rings. The number of ether oxygens (including phenoxy) is 1. The third-order valence-electron chi connectivity index (χ3n) is 4.54. The van der Waals surface area contributed by atoms with E-state index in [-0.39, 0.29) is 22.5 Å². The van der Waals surface area contributed by atoms with E-state index in [1.807, 2.05) is 0 Å². The van der Waals surface area contributed by atoms with Gasteiger partial charge in [0, 0.05) is 0 Å². The van der Waals surface area contributed by atoms with Crippen molar-refractivity contribution in [1.29, 1.82) is 0 Å². The van der Waals surface area contributed by atoms with Crippen molar-refractivity contribution >= 4 is 46.8 Å². The average molecular weight is 384 g/mol. The fourth-order valence-electron chi connectivity index (χ4n) is 3.46. The number of halogens is 2. The second-order valence-electron chi connectivity index (χ2n) is 6.09. The summed E-state index contributed by atoms with van der Waals surface area (Å²) in [7, 11) is 1.30. The largest absolute Gasteiger partial charge is 0.465 e. The summed E-state index contributed by atoms with van der Waals surface area (Å²) in [5.41, 5.74) is 12.1. The van der Waals surface area contributed by atoms with Crippen LogP contribution in [-0.4, -0.2) is 30.7 Å². The van der Waals surface area contributed by atoms with E-state index in [4.69, 9.17) is 39.4 Å². The first-order valence-electron chi connectivity index (χ1n) is 7.95. The van der Waals surface area contributed by atoms with Gasteiger partial charge >= 0.3 is 5.97 Å².